The molecule has 140 valence electrons. The highest BCUT2D eigenvalue weighted by Crippen LogP contribution is 2.59. The van der Waals surface area contributed by atoms with Crippen molar-refractivity contribution in [2.75, 3.05) is 0 Å². The fourth-order valence-corrected chi connectivity index (χ4v) is 5.29. The molecule has 0 aliphatic heterocycles. The highest BCUT2D eigenvalue weighted by atomic mass is 16.3. The van der Waals surface area contributed by atoms with Crippen molar-refractivity contribution in [3.8, 4) is 0 Å². The Kier molecular flexibility index (Phi) is 5.02. The van der Waals surface area contributed by atoms with E-state index >= 15 is 0 Å². The van der Waals surface area contributed by atoms with E-state index in [0.717, 1.165) is 24.8 Å². The van der Waals surface area contributed by atoms with Gasteiger partial charge in [0.15, 0.2) is 0 Å². The standard InChI is InChI=1S/C21H32O4/c1-13-4-7-17(23)10-15(13)5-6-16-11-18(24)12-20(3)19(16)8-9-21(20,25)14(2)22/h5-6,11,14,17-19,22-25H,4,7-10,12H2,1-3H3/t14-,17-,18-,19-,20-,21-/m0/s1. The Morgan fingerprint density at radius 1 is 1.24 bits per heavy atom. The molecule has 0 radical (unpaired) electrons. The van der Waals surface area contributed by atoms with Crippen LogP contribution in [-0.2, 0) is 0 Å². The second-order valence-corrected chi connectivity index (χ2v) is 8.58. The third-order valence-corrected chi connectivity index (χ3v) is 7.02. The van der Waals surface area contributed by atoms with E-state index in [9.17, 15) is 20.4 Å². The molecule has 25 heavy (non-hydrogen) atoms. The van der Waals surface area contributed by atoms with Gasteiger partial charge in [0.1, 0.15) is 0 Å². The number of hydrogen-bond acceptors (Lipinski definition) is 4. The van der Waals surface area contributed by atoms with Crippen LogP contribution in [0.2, 0.25) is 0 Å². The first kappa shape index (κ1) is 18.8. The maximum Gasteiger partial charge on any atom is 0.0962 e. The van der Waals surface area contributed by atoms with Crippen molar-refractivity contribution >= 4 is 0 Å². The van der Waals surface area contributed by atoms with Crippen LogP contribution in [-0.4, -0.2) is 44.3 Å². The Morgan fingerprint density at radius 3 is 2.64 bits per heavy atom. The molecule has 0 aromatic rings. The van der Waals surface area contributed by atoms with Crippen molar-refractivity contribution in [1.29, 1.82) is 0 Å². The largest absolute Gasteiger partial charge is 0.393 e. The molecule has 0 unspecified atom stereocenters. The molecule has 6 atom stereocenters. The average Bonchev–Trinajstić information content (AvgIpc) is 2.80. The van der Waals surface area contributed by atoms with Gasteiger partial charge in [0.05, 0.1) is 23.9 Å². The minimum absolute atomic E-state index is 0.126. The smallest absolute Gasteiger partial charge is 0.0962 e. The van der Waals surface area contributed by atoms with E-state index < -0.39 is 23.2 Å². The summed E-state index contributed by atoms with van der Waals surface area (Å²) in [6, 6.07) is 0. The molecule has 4 N–H and O–H groups in total. The van der Waals surface area contributed by atoms with Crippen molar-refractivity contribution in [2.24, 2.45) is 11.3 Å². The van der Waals surface area contributed by atoms with Crippen LogP contribution in [0.15, 0.2) is 34.9 Å². The summed E-state index contributed by atoms with van der Waals surface area (Å²) in [5.41, 5.74) is 1.82. The maximum atomic E-state index is 11.1. The van der Waals surface area contributed by atoms with Crippen LogP contribution in [0.1, 0.15) is 59.3 Å². The molecule has 3 aliphatic rings. The number of rotatable bonds is 3. The van der Waals surface area contributed by atoms with Crippen molar-refractivity contribution in [2.45, 2.75) is 83.2 Å². The number of aliphatic hydroxyl groups excluding tert-OH is 3. The van der Waals surface area contributed by atoms with Crippen LogP contribution in [0.3, 0.4) is 0 Å². The van der Waals surface area contributed by atoms with Gasteiger partial charge < -0.3 is 20.4 Å². The van der Waals surface area contributed by atoms with E-state index in [1.54, 1.807) is 6.92 Å². The molecular weight excluding hydrogens is 316 g/mol. The molecule has 3 aliphatic carbocycles. The fraction of sp³-hybridized carbons (Fsp3) is 0.714. The van der Waals surface area contributed by atoms with Gasteiger partial charge in [-0.25, -0.2) is 0 Å². The van der Waals surface area contributed by atoms with Crippen LogP contribution in [0.5, 0.6) is 0 Å². The highest BCUT2D eigenvalue weighted by molar-refractivity contribution is 5.38. The first-order valence-corrected chi connectivity index (χ1v) is 9.52. The topological polar surface area (TPSA) is 80.9 Å². The summed E-state index contributed by atoms with van der Waals surface area (Å²) < 4.78 is 0. The van der Waals surface area contributed by atoms with Crippen LogP contribution in [0, 0.1) is 11.3 Å². The van der Waals surface area contributed by atoms with Crippen molar-refractivity contribution in [1.82, 2.24) is 0 Å². The van der Waals surface area contributed by atoms with Crippen molar-refractivity contribution < 1.29 is 20.4 Å². The molecule has 1 saturated carbocycles. The van der Waals surface area contributed by atoms with Crippen molar-refractivity contribution in [3.05, 3.63) is 34.9 Å². The molecule has 0 spiro atoms. The molecule has 1 fully saturated rings. The Labute approximate surface area is 150 Å². The SMILES string of the molecule is CC1=C(C=CC2=C[C@H](O)C[C@@]3(C)[C@H]2CC[C@]3(O)[C@H](C)O)C[C@@H](O)CC1. The summed E-state index contributed by atoms with van der Waals surface area (Å²) in [6.07, 6.45) is 8.56. The lowest BCUT2D eigenvalue weighted by Gasteiger charge is -2.48. The van der Waals surface area contributed by atoms with E-state index in [0.29, 0.717) is 19.3 Å². The molecule has 0 aromatic heterocycles. The van der Waals surface area contributed by atoms with E-state index in [1.165, 1.54) is 11.1 Å². The van der Waals surface area contributed by atoms with Gasteiger partial charge in [0.2, 0.25) is 0 Å². The zero-order valence-corrected chi connectivity index (χ0v) is 15.6. The normalized spacial score (nSPS) is 43.3. The molecule has 0 aromatic carbocycles. The fourth-order valence-electron chi connectivity index (χ4n) is 5.29. The van der Waals surface area contributed by atoms with Gasteiger partial charge in [-0.2, -0.15) is 0 Å². The molecule has 4 heteroatoms. The molecule has 0 amide bonds. The summed E-state index contributed by atoms with van der Waals surface area (Å²) in [6.45, 7) is 5.75. The van der Waals surface area contributed by atoms with Crippen molar-refractivity contribution in [3.63, 3.8) is 0 Å². The minimum atomic E-state index is -1.16. The molecule has 0 saturated heterocycles. The molecule has 0 bridgehead atoms. The first-order chi connectivity index (χ1) is 11.7. The number of hydrogen-bond donors (Lipinski definition) is 4. The average molecular weight is 348 g/mol. The monoisotopic (exact) mass is 348 g/mol. The Morgan fingerprint density at radius 2 is 1.96 bits per heavy atom. The zero-order chi connectivity index (χ0) is 18.4. The molecular formula is C21H32O4. The molecule has 3 rings (SSSR count). The summed E-state index contributed by atoms with van der Waals surface area (Å²) in [4.78, 5) is 0. The summed E-state index contributed by atoms with van der Waals surface area (Å²) in [5.74, 6) is 0.126. The zero-order valence-electron chi connectivity index (χ0n) is 15.6. The van der Waals surface area contributed by atoms with E-state index in [-0.39, 0.29) is 12.0 Å². The Hall–Kier alpha value is -0.940. The summed E-state index contributed by atoms with van der Waals surface area (Å²) in [7, 11) is 0. The third kappa shape index (κ3) is 3.14. The van der Waals surface area contributed by atoms with Gasteiger partial charge in [-0.3, -0.25) is 0 Å². The second-order valence-electron chi connectivity index (χ2n) is 8.58. The maximum absolute atomic E-state index is 11.1. The van der Waals surface area contributed by atoms with Crippen LogP contribution in [0.4, 0.5) is 0 Å². The predicted molar refractivity (Wildman–Crippen MR) is 97.9 cm³/mol. The minimum Gasteiger partial charge on any atom is -0.393 e. The highest BCUT2D eigenvalue weighted by Gasteiger charge is 2.60. The summed E-state index contributed by atoms with van der Waals surface area (Å²) in [5, 5.41) is 41.6. The molecule has 4 nitrogen and oxygen atoms in total. The third-order valence-electron chi connectivity index (χ3n) is 7.02. The number of aliphatic hydroxyl groups is 4. The van der Waals surface area contributed by atoms with Gasteiger partial charge in [-0.1, -0.05) is 30.7 Å². The Balaban J connectivity index is 1.89. The predicted octanol–water partition coefficient (Wildman–Crippen LogP) is 2.62. The quantitative estimate of drug-likeness (QED) is 0.632. The van der Waals surface area contributed by atoms with Gasteiger partial charge >= 0.3 is 0 Å². The lowest BCUT2D eigenvalue weighted by Crippen LogP contribution is -2.54. The van der Waals surface area contributed by atoms with Crippen LogP contribution < -0.4 is 0 Å². The lowest BCUT2D eigenvalue weighted by molar-refractivity contribution is -0.148. The van der Waals surface area contributed by atoms with Gasteiger partial charge in [0.25, 0.3) is 0 Å². The van der Waals surface area contributed by atoms with Gasteiger partial charge in [-0.15, -0.1) is 0 Å². The van der Waals surface area contributed by atoms with E-state index in [1.807, 2.05) is 13.0 Å². The second kappa shape index (κ2) is 6.66. The number of fused-ring (bicyclic) bond motifs is 1. The molecule has 0 heterocycles. The lowest BCUT2D eigenvalue weighted by atomic mass is 9.61. The van der Waals surface area contributed by atoms with Crippen LogP contribution in [0.25, 0.3) is 0 Å². The van der Waals surface area contributed by atoms with Gasteiger partial charge in [0, 0.05) is 5.41 Å². The first-order valence-electron chi connectivity index (χ1n) is 9.52. The summed E-state index contributed by atoms with van der Waals surface area (Å²) >= 11 is 0. The van der Waals surface area contributed by atoms with E-state index in [2.05, 4.69) is 19.1 Å². The number of allylic oxidation sites excluding steroid dienone is 4. The Bertz CT molecular complexity index is 617. The van der Waals surface area contributed by atoms with Gasteiger partial charge in [-0.05, 0) is 69.4 Å². The van der Waals surface area contributed by atoms with Crippen LogP contribution >= 0.6 is 0 Å². The van der Waals surface area contributed by atoms with E-state index in [4.69, 9.17) is 0 Å².